The number of carbonyl (C=O) groups excluding carboxylic acids is 1. The second-order valence-corrected chi connectivity index (χ2v) is 8.27. The lowest BCUT2D eigenvalue weighted by Gasteiger charge is -2.58. The van der Waals surface area contributed by atoms with Crippen LogP contribution in [0, 0.1) is 28.6 Å². The minimum absolute atomic E-state index is 0.377. The summed E-state index contributed by atoms with van der Waals surface area (Å²) in [5, 5.41) is 0. The van der Waals surface area contributed by atoms with Crippen molar-refractivity contribution in [1.82, 2.24) is 0 Å². The van der Waals surface area contributed by atoms with Crippen molar-refractivity contribution in [2.45, 2.75) is 72.6 Å². The molecule has 0 saturated heterocycles. The Morgan fingerprint density at radius 3 is 2.65 bits per heavy atom. The van der Waals surface area contributed by atoms with Crippen molar-refractivity contribution in [3.63, 3.8) is 0 Å². The van der Waals surface area contributed by atoms with E-state index in [2.05, 4.69) is 27.7 Å². The zero-order valence-corrected chi connectivity index (χ0v) is 13.7. The lowest BCUT2D eigenvalue weighted by atomic mass is 9.46. The maximum absolute atomic E-state index is 11.8. The van der Waals surface area contributed by atoms with Gasteiger partial charge in [0.2, 0.25) is 0 Å². The molecule has 0 bridgehead atoms. The van der Waals surface area contributed by atoms with Gasteiger partial charge in [0.25, 0.3) is 0 Å². The highest BCUT2D eigenvalue weighted by Gasteiger charge is 2.53. The van der Waals surface area contributed by atoms with Gasteiger partial charge in [-0.1, -0.05) is 33.3 Å². The summed E-state index contributed by atoms with van der Waals surface area (Å²) in [6, 6.07) is 0. The van der Waals surface area contributed by atoms with Crippen LogP contribution >= 0.6 is 0 Å². The third-order valence-electron chi connectivity index (χ3n) is 7.37. The Bertz CT molecular complexity index is 445. The first kappa shape index (κ1) is 14.4. The van der Waals surface area contributed by atoms with Gasteiger partial charge < -0.3 is 0 Å². The van der Waals surface area contributed by atoms with Crippen molar-refractivity contribution in [3.8, 4) is 0 Å². The predicted octanol–water partition coefficient (Wildman–Crippen LogP) is 5.15. The van der Waals surface area contributed by atoms with Crippen molar-refractivity contribution in [2.75, 3.05) is 0 Å². The van der Waals surface area contributed by atoms with Gasteiger partial charge in [0.1, 0.15) is 0 Å². The van der Waals surface area contributed by atoms with Crippen LogP contribution in [0.2, 0.25) is 0 Å². The van der Waals surface area contributed by atoms with Gasteiger partial charge in [0.05, 0.1) is 0 Å². The van der Waals surface area contributed by atoms with Crippen molar-refractivity contribution in [2.24, 2.45) is 28.6 Å². The van der Waals surface area contributed by atoms with Crippen LogP contribution in [-0.4, -0.2) is 5.78 Å². The van der Waals surface area contributed by atoms with E-state index in [1.54, 1.807) is 0 Å². The summed E-state index contributed by atoms with van der Waals surface area (Å²) in [4.78, 5) is 11.8. The predicted molar refractivity (Wildman–Crippen MR) is 83.4 cm³/mol. The second-order valence-electron chi connectivity index (χ2n) is 8.27. The van der Waals surface area contributed by atoms with Crippen molar-refractivity contribution in [1.29, 1.82) is 0 Å². The van der Waals surface area contributed by atoms with E-state index in [1.807, 2.05) is 6.08 Å². The molecule has 1 nitrogen and oxygen atoms in total. The first-order valence-electron chi connectivity index (χ1n) is 8.64. The quantitative estimate of drug-likeness (QED) is 0.646. The smallest absolute Gasteiger partial charge is 0.155 e. The van der Waals surface area contributed by atoms with Crippen LogP contribution < -0.4 is 0 Å². The van der Waals surface area contributed by atoms with Crippen LogP contribution in [0.25, 0.3) is 0 Å². The number of hydrogen-bond acceptors (Lipinski definition) is 1. The molecule has 20 heavy (non-hydrogen) atoms. The van der Waals surface area contributed by atoms with Crippen LogP contribution in [0.4, 0.5) is 0 Å². The molecule has 1 heteroatoms. The van der Waals surface area contributed by atoms with Crippen LogP contribution in [0.3, 0.4) is 0 Å². The molecular formula is C19H30O. The van der Waals surface area contributed by atoms with Crippen LogP contribution in [0.1, 0.15) is 72.6 Å². The highest BCUT2D eigenvalue weighted by Crippen LogP contribution is 2.62. The van der Waals surface area contributed by atoms with Gasteiger partial charge in [-0.25, -0.2) is 0 Å². The van der Waals surface area contributed by atoms with Crippen LogP contribution in [0.5, 0.6) is 0 Å². The Labute approximate surface area is 124 Å². The molecule has 0 aromatic carbocycles. The van der Waals surface area contributed by atoms with E-state index in [-0.39, 0.29) is 0 Å². The van der Waals surface area contributed by atoms with Gasteiger partial charge in [-0.2, -0.15) is 0 Å². The lowest BCUT2D eigenvalue weighted by molar-refractivity contribution is -0.117. The Balaban J connectivity index is 1.98. The molecule has 3 aliphatic carbocycles. The molecule has 4 unspecified atom stereocenters. The average Bonchev–Trinajstić information content (AvgIpc) is 2.42. The number of ketones is 1. The summed E-state index contributed by atoms with van der Waals surface area (Å²) in [5.41, 5.74) is 2.40. The maximum atomic E-state index is 11.8. The molecule has 2 saturated carbocycles. The van der Waals surface area contributed by atoms with E-state index in [1.165, 1.54) is 37.7 Å². The Kier molecular flexibility index (Phi) is 3.38. The van der Waals surface area contributed by atoms with Crippen molar-refractivity contribution >= 4 is 5.78 Å². The van der Waals surface area contributed by atoms with Gasteiger partial charge >= 0.3 is 0 Å². The fourth-order valence-corrected chi connectivity index (χ4v) is 5.68. The summed E-state index contributed by atoms with van der Waals surface area (Å²) >= 11 is 0. The minimum Gasteiger partial charge on any atom is -0.295 e. The third-order valence-corrected chi connectivity index (χ3v) is 7.37. The molecule has 3 aliphatic rings. The molecule has 0 N–H and O–H groups in total. The zero-order chi connectivity index (χ0) is 14.5. The highest BCUT2D eigenvalue weighted by molar-refractivity contribution is 5.91. The molecule has 0 heterocycles. The fraction of sp³-hybridized carbons (Fsp3) is 0.842. The Morgan fingerprint density at radius 1 is 1.20 bits per heavy atom. The monoisotopic (exact) mass is 274 g/mol. The van der Waals surface area contributed by atoms with Crippen LogP contribution in [-0.2, 0) is 4.79 Å². The van der Waals surface area contributed by atoms with E-state index in [0.29, 0.717) is 16.6 Å². The molecule has 0 aromatic rings. The van der Waals surface area contributed by atoms with Gasteiger partial charge in [-0.3, -0.25) is 4.79 Å². The maximum Gasteiger partial charge on any atom is 0.155 e. The molecule has 0 spiro atoms. The topological polar surface area (TPSA) is 17.1 Å². The molecule has 0 aliphatic heterocycles. The molecule has 3 rings (SSSR count). The SMILES string of the molecule is CCC12CCC(=O)C=C1CCC1C(C)C(C)(C)CCC12. The number of fused-ring (bicyclic) bond motifs is 3. The van der Waals surface area contributed by atoms with Gasteiger partial charge in [-0.05, 0) is 73.2 Å². The third kappa shape index (κ3) is 1.92. The minimum atomic E-state index is 0.377. The summed E-state index contributed by atoms with van der Waals surface area (Å²) < 4.78 is 0. The molecule has 2 fully saturated rings. The largest absolute Gasteiger partial charge is 0.295 e. The highest BCUT2D eigenvalue weighted by atomic mass is 16.1. The van der Waals surface area contributed by atoms with E-state index >= 15 is 0 Å². The lowest BCUT2D eigenvalue weighted by Crippen LogP contribution is -2.50. The Hall–Kier alpha value is -0.590. The molecular weight excluding hydrogens is 244 g/mol. The van der Waals surface area contributed by atoms with E-state index in [0.717, 1.165) is 30.6 Å². The van der Waals surface area contributed by atoms with E-state index < -0.39 is 0 Å². The molecule has 0 aromatic heterocycles. The summed E-state index contributed by atoms with van der Waals surface area (Å²) in [6.45, 7) is 9.77. The number of allylic oxidation sites excluding steroid dienone is 2. The van der Waals surface area contributed by atoms with Gasteiger partial charge in [0, 0.05) is 6.42 Å². The van der Waals surface area contributed by atoms with Crippen LogP contribution in [0.15, 0.2) is 11.6 Å². The average molecular weight is 274 g/mol. The summed E-state index contributed by atoms with van der Waals surface area (Å²) in [6.07, 6.45) is 10.4. The fourth-order valence-electron chi connectivity index (χ4n) is 5.68. The van der Waals surface area contributed by atoms with Crippen molar-refractivity contribution in [3.05, 3.63) is 11.6 Å². The first-order chi connectivity index (χ1) is 9.40. The van der Waals surface area contributed by atoms with E-state index in [9.17, 15) is 4.79 Å². The number of carbonyl (C=O) groups is 1. The molecule has 4 atom stereocenters. The zero-order valence-electron chi connectivity index (χ0n) is 13.7. The van der Waals surface area contributed by atoms with Gasteiger partial charge in [-0.15, -0.1) is 0 Å². The molecule has 112 valence electrons. The molecule has 0 radical (unpaired) electrons. The standard InChI is InChI=1S/C19H30O/c1-5-19-11-8-15(20)12-14(19)6-7-16-13(2)18(3,4)10-9-17(16)19/h12-13,16-17H,5-11H2,1-4H3. The summed E-state index contributed by atoms with van der Waals surface area (Å²) in [5.74, 6) is 2.92. The molecule has 0 amide bonds. The number of hydrogen-bond donors (Lipinski definition) is 0. The van der Waals surface area contributed by atoms with E-state index in [4.69, 9.17) is 0 Å². The number of rotatable bonds is 1. The first-order valence-corrected chi connectivity index (χ1v) is 8.64. The normalized spacial score (nSPS) is 43.5. The second kappa shape index (κ2) is 4.71. The van der Waals surface area contributed by atoms with Crippen molar-refractivity contribution < 1.29 is 4.79 Å². The summed E-state index contributed by atoms with van der Waals surface area (Å²) in [7, 11) is 0. The Morgan fingerprint density at radius 2 is 1.95 bits per heavy atom. The van der Waals surface area contributed by atoms with Gasteiger partial charge in [0.15, 0.2) is 5.78 Å².